The molecular formula is C17H15N3OS. The first kappa shape index (κ1) is 14.4. The largest absolute Gasteiger partial charge is 0.321 e. The summed E-state index contributed by atoms with van der Waals surface area (Å²) >= 11 is 1.42. The normalized spacial score (nSPS) is 11.8. The minimum Gasteiger partial charge on any atom is -0.321 e. The summed E-state index contributed by atoms with van der Waals surface area (Å²) in [6.07, 6.45) is 0. The predicted molar refractivity (Wildman–Crippen MR) is 88.5 cm³/mol. The fourth-order valence-electron chi connectivity index (χ4n) is 2.59. The number of hydrogen-bond acceptors (Lipinski definition) is 3. The first-order valence-electron chi connectivity index (χ1n) is 6.92. The van der Waals surface area contributed by atoms with Gasteiger partial charge in [-0.15, -0.1) is 16.2 Å². The third-order valence-corrected chi connectivity index (χ3v) is 4.57. The molecule has 1 aromatic heterocycles. The number of nitrogens with zero attached hydrogens (tertiary/aromatic N) is 3. The highest BCUT2D eigenvalue weighted by atomic mass is 32.1. The Labute approximate surface area is 132 Å². The minimum absolute atomic E-state index is 0.0965. The summed E-state index contributed by atoms with van der Waals surface area (Å²) < 4.78 is 1.93. The highest BCUT2D eigenvalue weighted by Gasteiger charge is 2.19. The van der Waals surface area contributed by atoms with Crippen LogP contribution >= 0.6 is 11.3 Å². The average molecular weight is 309 g/mol. The van der Waals surface area contributed by atoms with Crippen molar-refractivity contribution in [1.82, 2.24) is 4.57 Å². The molecule has 4 nitrogen and oxygen atoms in total. The quantitative estimate of drug-likeness (QED) is 0.533. The van der Waals surface area contributed by atoms with Gasteiger partial charge < -0.3 is 4.57 Å². The first-order valence-corrected chi connectivity index (χ1v) is 7.80. The van der Waals surface area contributed by atoms with E-state index in [1.165, 1.54) is 22.5 Å². The van der Waals surface area contributed by atoms with E-state index in [-0.39, 0.29) is 5.92 Å². The Morgan fingerprint density at radius 3 is 2.00 bits per heavy atom. The molecule has 2 aromatic carbocycles. The Hall–Kier alpha value is -2.53. The van der Waals surface area contributed by atoms with Crippen LogP contribution < -0.4 is 4.80 Å². The van der Waals surface area contributed by atoms with E-state index in [0.717, 1.165) is 5.69 Å². The zero-order valence-corrected chi connectivity index (χ0v) is 12.9. The van der Waals surface area contributed by atoms with E-state index in [4.69, 9.17) is 0 Å². The van der Waals surface area contributed by atoms with Crippen LogP contribution in [0.2, 0.25) is 0 Å². The molecule has 110 valence electrons. The predicted octanol–water partition coefficient (Wildman–Crippen LogP) is 3.85. The molecule has 0 aliphatic rings. The van der Waals surface area contributed by atoms with Crippen LogP contribution in [0.15, 0.2) is 76.4 Å². The summed E-state index contributed by atoms with van der Waals surface area (Å²) in [7, 11) is 1.91. The first-order chi connectivity index (χ1) is 10.8. The number of hydrogen-bond donors (Lipinski definition) is 0. The molecule has 0 unspecified atom stereocenters. The Morgan fingerprint density at radius 1 is 0.955 bits per heavy atom. The lowest BCUT2D eigenvalue weighted by molar-refractivity contribution is 0.757. The third kappa shape index (κ3) is 2.76. The second-order valence-electron chi connectivity index (χ2n) is 4.94. The molecule has 0 radical (unpaired) electrons. The minimum atomic E-state index is 0.0965. The van der Waals surface area contributed by atoms with Crippen LogP contribution in [0.1, 0.15) is 22.7 Å². The molecule has 0 fully saturated rings. The number of benzene rings is 2. The highest BCUT2D eigenvalue weighted by Crippen LogP contribution is 2.31. The second kappa shape index (κ2) is 6.49. The molecule has 3 aromatic rings. The summed E-state index contributed by atoms with van der Waals surface area (Å²) in [5.74, 6) is 0.0965. The molecule has 22 heavy (non-hydrogen) atoms. The maximum atomic E-state index is 10.4. The molecule has 0 aliphatic heterocycles. The van der Waals surface area contributed by atoms with Crippen molar-refractivity contribution in [2.45, 2.75) is 5.92 Å². The van der Waals surface area contributed by atoms with E-state index in [2.05, 4.69) is 34.7 Å². The molecule has 1 heterocycles. The number of aromatic nitrogens is 1. The van der Waals surface area contributed by atoms with Crippen molar-refractivity contribution in [2.75, 3.05) is 0 Å². The lowest BCUT2D eigenvalue weighted by Gasteiger charge is -2.18. The zero-order chi connectivity index (χ0) is 15.4. The van der Waals surface area contributed by atoms with Gasteiger partial charge in [0.1, 0.15) is 0 Å². The Morgan fingerprint density at radius 2 is 1.50 bits per heavy atom. The summed E-state index contributed by atoms with van der Waals surface area (Å²) in [6.45, 7) is 0. The van der Waals surface area contributed by atoms with Gasteiger partial charge in [-0.1, -0.05) is 65.8 Å². The molecule has 3 rings (SSSR count). The summed E-state index contributed by atoms with van der Waals surface area (Å²) in [4.78, 5) is 11.0. The van der Waals surface area contributed by atoms with Gasteiger partial charge in [0.05, 0.1) is 11.2 Å². The van der Waals surface area contributed by atoms with Gasteiger partial charge in [0, 0.05) is 18.1 Å². The summed E-state index contributed by atoms with van der Waals surface area (Å²) in [6, 6.07) is 20.6. The van der Waals surface area contributed by atoms with Crippen LogP contribution in [0.5, 0.6) is 0 Å². The van der Waals surface area contributed by atoms with E-state index in [1.54, 1.807) is 0 Å². The van der Waals surface area contributed by atoms with Crippen molar-refractivity contribution in [3.05, 3.63) is 92.6 Å². The molecule has 5 heteroatoms. The maximum absolute atomic E-state index is 10.4. The van der Waals surface area contributed by atoms with Gasteiger partial charge in [0.25, 0.3) is 0 Å². The number of thiazole rings is 1. The van der Waals surface area contributed by atoms with Gasteiger partial charge in [0.15, 0.2) is 0 Å². The van der Waals surface area contributed by atoms with Crippen LogP contribution in [0.3, 0.4) is 0 Å². The zero-order valence-electron chi connectivity index (χ0n) is 12.1. The third-order valence-electron chi connectivity index (χ3n) is 3.65. The molecule has 0 saturated carbocycles. The van der Waals surface area contributed by atoms with Crippen LogP contribution in [-0.4, -0.2) is 4.57 Å². The van der Waals surface area contributed by atoms with Crippen LogP contribution in [0, 0.1) is 4.91 Å². The lowest BCUT2D eigenvalue weighted by atomic mass is 9.89. The van der Waals surface area contributed by atoms with Crippen molar-refractivity contribution in [2.24, 2.45) is 17.4 Å². The van der Waals surface area contributed by atoms with Gasteiger partial charge in [-0.05, 0) is 11.1 Å². The Kier molecular flexibility index (Phi) is 4.25. The molecule has 0 spiro atoms. The van der Waals surface area contributed by atoms with E-state index >= 15 is 0 Å². The standard InChI is InChI=1S/C17H15N3OS/c1-20-15(12-22-17(20)18-19-21)16(13-8-4-2-5-9-13)14-10-6-3-7-11-14/h2-12,16H,1H3/b18-17-. The second-order valence-corrected chi connectivity index (χ2v) is 5.77. The summed E-state index contributed by atoms with van der Waals surface area (Å²) in [5.41, 5.74) is 3.49. The molecule has 0 bridgehead atoms. The molecule has 0 saturated heterocycles. The van der Waals surface area contributed by atoms with Gasteiger partial charge in [-0.25, -0.2) is 0 Å². The molecule has 0 N–H and O–H groups in total. The fraction of sp³-hybridized carbons (Fsp3) is 0.118. The monoisotopic (exact) mass is 309 g/mol. The molecule has 0 atom stereocenters. The molecule has 0 aliphatic carbocycles. The van der Waals surface area contributed by atoms with Crippen LogP contribution in [0.25, 0.3) is 0 Å². The topological polar surface area (TPSA) is 46.7 Å². The summed E-state index contributed by atoms with van der Waals surface area (Å²) in [5, 5.41) is 8.33. The Balaban J connectivity index is 2.19. The van der Waals surface area contributed by atoms with Crippen LogP contribution in [0.4, 0.5) is 0 Å². The van der Waals surface area contributed by atoms with Gasteiger partial charge in [0.2, 0.25) is 4.80 Å². The van der Waals surface area contributed by atoms with Gasteiger partial charge >= 0.3 is 0 Å². The number of nitroso groups, excluding NO2 is 1. The lowest BCUT2D eigenvalue weighted by Crippen LogP contribution is -2.16. The highest BCUT2D eigenvalue weighted by molar-refractivity contribution is 7.07. The van der Waals surface area contributed by atoms with Crippen LogP contribution in [-0.2, 0) is 7.05 Å². The van der Waals surface area contributed by atoms with E-state index in [9.17, 15) is 4.91 Å². The average Bonchev–Trinajstić information content (AvgIpc) is 2.92. The van der Waals surface area contributed by atoms with Gasteiger partial charge in [-0.2, -0.15) is 0 Å². The maximum Gasteiger partial charge on any atom is 0.213 e. The van der Waals surface area contributed by atoms with Crippen molar-refractivity contribution >= 4 is 11.3 Å². The van der Waals surface area contributed by atoms with Crippen molar-refractivity contribution in [1.29, 1.82) is 0 Å². The van der Waals surface area contributed by atoms with E-state index in [0.29, 0.717) is 4.80 Å². The van der Waals surface area contributed by atoms with E-state index < -0.39 is 0 Å². The number of rotatable bonds is 4. The van der Waals surface area contributed by atoms with Gasteiger partial charge in [-0.3, -0.25) is 0 Å². The van der Waals surface area contributed by atoms with E-state index in [1.807, 2.05) is 53.4 Å². The van der Waals surface area contributed by atoms with Crippen molar-refractivity contribution in [3.8, 4) is 0 Å². The SMILES string of the molecule is Cn1c(C(c2ccccc2)c2ccccc2)cs/c1=N\N=O. The van der Waals surface area contributed by atoms with Crippen molar-refractivity contribution in [3.63, 3.8) is 0 Å². The van der Waals surface area contributed by atoms with Crippen molar-refractivity contribution < 1.29 is 0 Å². The smallest absolute Gasteiger partial charge is 0.213 e. The Bertz CT molecular complexity index is 782. The molecule has 0 amide bonds. The molecular weight excluding hydrogens is 294 g/mol. The fourth-order valence-corrected chi connectivity index (χ4v) is 3.46.